The van der Waals surface area contributed by atoms with E-state index in [9.17, 15) is 17.6 Å². The lowest BCUT2D eigenvalue weighted by atomic mass is 10.1. The maximum Gasteiger partial charge on any atom is 0.264 e. The van der Waals surface area contributed by atoms with Gasteiger partial charge in [0.05, 0.1) is 16.3 Å². The number of benzene rings is 3. The lowest BCUT2D eigenvalue weighted by Gasteiger charge is -2.25. The second-order valence-corrected chi connectivity index (χ2v) is 9.21. The molecule has 0 aliphatic heterocycles. The van der Waals surface area contributed by atoms with Gasteiger partial charge in [-0.1, -0.05) is 48.0 Å². The lowest BCUT2D eigenvalue weighted by Crippen LogP contribution is -2.40. The van der Waals surface area contributed by atoms with Crippen molar-refractivity contribution in [1.82, 2.24) is 5.43 Å². The van der Waals surface area contributed by atoms with E-state index in [2.05, 4.69) is 10.5 Å². The molecule has 1 amide bonds. The van der Waals surface area contributed by atoms with Crippen LogP contribution in [0.1, 0.15) is 23.6 Å². The molecule has 0 fully saturated rings. The fourth-order valence-corrected chi connectivity index (χ4v) is 4.53. The Hall–Kier alpha value is -3.52. The van der Waals surface area contributed by atoms with Gasteiger partial charge in [-0.25, -0.2) is 18.2 Å². The summed E-state index contributed by atoms with van der Waals surface area (Å²) < 4.78 is 41.0. The SMILES string of the molecule is C/C(=N/NC(=O)CN(c1ccccc1C)S(=O)(=O)c1ccc(C)cc1)c1ccc(F)cc1. The number of hydrogen-bond donors (Lipinski definition) is 1. The highest BCUT2D eigenvalue weighted by atomic mass is 32.2. The number of hydrogen-bond acceptors (Lipinski definition) is 4. The molecule has 0 bridgehead atoms. The molecule has 0 atom stereocenters. The van der Waals surface area contributed by atoms with E-state index in [4.69, 9.17) is 0 Å². The van der Waals surface area contributed by atoms with Gasteiger partial charge in [-0.2, -0.15) is 5.10 Å². The minimum Gasteiger partial charge on any atom is -0.271 e. The summed E-state index contributed by atoms with van der Waals surface area (Å²) in [4.78, 5) is 12.8. The first-order chi connectivity index (χ1) is 15.2. The fourth-order valence-electron chi connectivity index (χ4n) is 3.05. The number of halogens is 1. The quantitative estimate of drug-likeness (QED) is 0.431. The fraction of sp³-hybridized carbons (Fsp3) is 0.167. The summed E-state index contributed by atoms with van der Waals surface area (Å²) in [6.45, 7) is 4.85. The van der Waals surface area contributed by atoms with Crippen molar-refractivity contribution in [2.75, 3.05) is 10.8 Å². The van der Waals surface area contributed by atoms with Crippen LogP contribution in [-0.4, -0.2) is 26.6 Å². The number of hydrazone groups is 1. The number of carbonyl (C=O) groups excluding carboxylic acids is 1. The second kappa shape index (κ2) is 9.74. The van der Waals surface area contributed by atoms with Crippen LogP contribution in [-0.2, 0) is 14.8 Å². The second-order valence-electron chi connectivity index (χ2n) is 7.35. The highest BCUT2D eigenvalue weighted by molar-refractivity contribution is 7.92. The standard InChI is InChI=1S/C24H24FN3O3S/c1-17-8-14-22(15-9-17)32(30,31)28(23-7-5-4-6-18(23)2)16-24(29)27-26-19(3)20-10-12-21(25)13-11-20/h4-15H,16H2,1-3H3,(H,27,29)/b26-19-. The van der Waals surface area contributed by atoms with Crippen molar-refractivity contribution in [1.29, 1.82) is 0 Å². The number of sulfonamides is 1. The maximum atomic E-state index is 13.4. The highest BCUT2D eigenvalue weighted by Gasteiger charge is 2.28. The van der Waals surface area contributed by atoms with Gasteiger partial charge in [0.1, 0.15) is 12.4 Å². The number of amides is 1. The molecule has 0 aliphatic rings. The van der Waals surface area contributed by atoms with Gasteiger partial charge in [-0.15, -0.1) is 0 Å². The molecule has 0 unspecified atom stereocenters. The van der Waals surface area contributed by atoms with Crippen LogP contribution in [0.4, 0.5) is 10.1 Å². The Morgan fingerprint density at radius 2 is 1.59 bits per heavy atom. The summed E-state index contributed by atoms with van der Waals surface area (Å²) in [5.74, 6) is -0.980. The van der Waals surface area contributed by atoms with Crippen molar-refractivity contribution in [2.45, 2.75) is 25.7 Å². The normalized spacial score (nSPS) is 11.8. The number of nitrogens with one attached hydrogen (secondary N) is 1. The highest BCUT2D eigenvalue weighted by Crippen LogP contribution is 2.26. The molecule has 3 aromatic rings. The molecule has 166 valence electrons. The zero-order valence-electron chi connectivity index (χ0n) is 18.0. The van der Waals surface area contributed by atoms with E-state index >= 15 is 0 Å². The molecule has 0 radical (unpaired) electrons. The molecular weight excluding hydrogens is 429 g/mol. The molecule has 0 saturated heterocycles. The predicted molar refractivity (Wildman–Crippen MR) is 124 cm³/mol. The van der Waals surface area contributed by atoms with Crippen LogP contribution in [0, 0.1) is 19.7 Å². The van der Waals surface area contributed by atoms with E-state index in [0.29, 0.717) is 22.5 Å². The van der Waals surface area contributed by atoms with Crippen molar-refractivity contribution in [3.63, 3.8) is 0 Å². The Morgan fingerprint density at radius 1 is 0.969 bits per heavy atom. The smallest absolute Gasteiger partial charge is 0.264 e. The molecule has 0 saturated carbocycles. The molecule has 6 nitrogen and oxygen atoms in total. The van der Waals surface area contributed by atoms with Crippen LogP contribution < -0.4 is 9.73 Å². The molecule has 3 aromatic carbocycles. The topological polar surface area (TPSA) is 78.8 Å². The van der Waals surface area contributed by atoms with Gasteiger partial charge in [-0.3, -0.25) is 9.10 Å². The van der Waals surface area contributed by atoms with Gasteiger partial charge >= 0.3 is 0 Å². The minimum atomic E-state index is -4.00. The monoisotopic (exact) mass is 453 g/mol. The molecule has 32 heavy (non-hydrogen) atoms. The summed E-state index contributed by atoms with van der Waals surface area (Å²) in [5.41, 5.74) is 5.53. The van der Waals surface area contributed by atoms with Gasteiger partial charge in [0.15, 0.2) is 0 Å². The van der Waals surface area contributed by atoms with Crippen molar-refractivity contribution in [2.24, 2.45) is 5.10 Å². The summed E-state index contributed by atoms with van der Waals surface area (Å²) in [6, 6.07) is 19.1. The van der Waals surface area contributed by atoms with Crippen LogP contribution in [0.25, 0.3) is 0 Å². The van der Waals surface area contributed by atoms with Gasteiger partial charge in [0, 0.05) is 0 Å². The number of para-hydroxylation sites is 1. The van der Waals surface area contributed by atoms with Crippen LogP contribution in [0.2, 0.25) is 0 Å². The largest absolute Gasteiger partial charge is 0.271 e. The molecule has 3 rings (SSSR count). The summed E-state index contributed by atoms with van der Waals surface area (Å²) >= 11 is 0. The summed E-state index contributed by atoms with van der Waals surface area (Å²) in [5, 5.41) is 4.03. The molecule has 0 heterocycles. The van der Waals surface area contributed by atoms with E-state index in [0.717, 1.165) is 9.87 Å². The third kappa shape index (κ3) is 5.39. The average Bonchev–Trinajstić information content (AvgIpc) is 2.77. The van der Waals surface area contributed by atoms with Crippen molar-refractivity contribution < 1.29 is 17.6 Å². The van der Waals surface area contributed by atoms with Crippen LogP contribution in [0.15, 0.2) is 82.8 Å². The van der Waals surface area contributed by atoms with Crippen molar-refractivity contribution in [3.05, 3.63) is 95.3 Å². The Labute approximate surface area is 187 Å². The van der Waals surface area contributed by atoms with Gasteiger partial charge in [0.2, 0.25) is 0 Å². The maximum absolute atomic E-state index is 13.4. The molecule has 8 heteroatoms. The Kier molecular flexibility index (Phi) is 7.05. The molecule has 0 aromatic heterocycles. The van der Waals surface area contributed by atoms with E-state index in [1.54, 1.807) is 62.4 Å². The van der Waals surface area contributed by atoms with Gasteiger partial charge < -0.3 is 0 Å². The molecule has 1 N–H and O–H groups in total. The molecule has 0 aliphatic carbocycles. The van der Waals surface area contributed by atoms with Gasteiger partial charge in [-0.05, 0) is 62.2 Å². The van der Waals surface area contributed by atoms with Crippen LogP contribution in [0.3, 0.4) is 0 Å². The van der Waals surface area contributed by atoms with E-state index in [1.165, 1.54) is 24.3 Å². The predicted octanol–water partition coefficient (Wildman–Crippen LogP) is 4.18. The number of anilines is 1. The molecular formula is C24H24FN3O3S. The average molecular weight is 454 g/mol. The van der Waals surface area contributed by atoms with Gasteiger partial charge in [0.25, 0.3) is 15.9 Å². The lowest BCUT2D eigenvalue weighted by molar-refractivity contribution is -0.119. The first kappa shape index (κ1) is 23.1. The first-order valence-electron chi connectivity index (χ1n) is 9.92. The number of aryl methyl sites for hydroxylation is 2. The third-order valence-corrected chi connectivity index (χ3v) is 6.66. The Morgan fingerprint density at radius 3 is 2.22 bits per heavy atom. The van der Waals surface area contributed by atoms with Crippen LogP contribution in [0.5, 0.6) is 0 Å². The van der Waals surface area contributed by atoms with E-state index < -0.39 is 22.5 Å². The number of rotatable bonds is 7. The van der Waals surface area contributed by atoms with Crippen LogP contribution >= 0.6 is 0 Å². The Balaban J connectivity index is 1.88. The van der Waals surface area contributed by atoms with E-state index in [-0.39, 0.29) is 10.7 Å². The zero-order valence-corrected chi connectivity index (χ0v) is 18.9. The molecule has 0 spiro atoms. The minimum absolute atomic E-state index is 0.0881. The van der Waals surface area contributed by atoms with Crippen molar-refractivity contribution in [3.8, 4) is 0 Å². The zero-order chi connectivity index (χ0) is 23.3. The van der Waals surface area contributed by atoms with E-state index in [1.807, 2.05) is 6.92 Å². The number of carbonyl (C=O) groups is 1. The first-order valence-corrected chi connectivity index (χ1v) is 11.4. The third-order valence-electron chi connectivity index (χ3n) is 4.89. The Bertz CT molecular complexity index is 1240. The summed E-state index contributed by atoms with van der Waals surface area (Å²) in [6.07, 6.45) is 0. The number of nitrogens with zero attached hydrogens (tertiary/aromatic N) is 2. The van der Waals surface area contributed by atoms with Crippen molar-refractivity contribution >= 4 is 27.3 Å². The summed E-state index contributed by atoms with van der Waals surface area (Å²) in [7, 11) is -4.00.